The van der Waals surface area contributed by atoms with Gasteiger partial charge in [-0.3, -0.25) is 0 Å². The zero-order valence-corrected chi connectivity index (χ0v) is 12.6. The molecule has 0 N–H and O–H groups in total. The Kier molecular flexibility index (Phi) is 2.23. The smallest absolute Gasteiger partial charge is 0.334 e. The number of ether oxygens (including phenoxy) is 3. The molecule has 6 atom stereocenters. The number of hydrogen-bond acceptors (Lipinski definition) is 4. The number of rotatable bonds is 1. The molecule has 4 aliphatic rings. The maximum Gasteiger partial charge on any atom is 0.334 e. The predicted octanol–water partition coefficient (Wildman–Crippen LogP) is 2.22. The van der Waals surface area contributed by atoms with Crippen LogP contribution in [0.3, 0.4) is 0 Å². The van der Waals surface area contributed by atoms with Gasteiger partial charge in [-0.05, 0) is 39.7 Å². The summed E-state index contributed by atoms with van der Waals surface area (Å²) in [7, 11) is 1.77. The van der Waals surface area contributed by atoms with Gasteiger partial charge in [0.25, 0.3) is 0 Å². The van der Waals surface area contributed by atoms with E-state index in [1.807, 2.05) is 13.0 Å². The lowest BCUT2D eigenvalue weighted by Crippen LogP contribution is -2.56. The van der Waals surface area contributed by atoms with Gasteiger partial charge in [-0.15, -0.1) is 0 Å². The summed E-state index contributed by atoms with van der Waals surface area (Å²) < 4.78 is 17.7. The van der Waals surface area contributed by atoms with Gasteiger partial charge in [0.15, 0.2) is 0 Å². The van der Waals surface area contributed by atoms with Gasteiger partial charge in [-0.1, -0.05) is 0 Å². The molecular formula is C16H22O4. The van der Waals surface area contributed by atoms with Crippen LogP contribution in [0.15, 0.2) is 11.6 Å². The molecule has 0 radical (unpaired) electrons. The van der Waals surface area contributed by atoms with E-state index in [0.29, 0.717) is 5.92 Å². The Balaban J connectivity index is 1.82. The molecule has 0 aromatic rings. The van der Waals surface area contributed by atoms with Crippen molar-refractivity contribution in [3.05, 3.63) is 11.6 Å². The number of hydrogen-bond donors (Lipinski definition) is 0. The van der Waals surface area contributed by atoms with E-state index >= 15 is 0 Å². The SMILES string of the molecule is CO[C@]1(C)CC[C@H]2[C@H]1[C@@]1(C=C(C)C(=O)O1)C[C@H]1O[C@]12C. The van der Waals surface area contributed by atoms with E-state index in [1.165, 1.54) is 0 Å². The van der Waals surface area contributed by atoms with Gasteiger partial charge in [0, 0.05) is 30.9 Å². The van der Waals surface area contributed by atoms with Gasteiger partial charge in [-0.25, -0.2) is 4.79 Å². The maximum atomic E-state index is 12.0. The van der Waals surface area contributed by atoms with E-state index < -0.39 is 5.60 Å². The molecule has 0 aromatic heterocycles. The van der Waals surface area contributed by atoms with Crippen molar-refractivity contribution in [2.45, 2.75) is 62.9 Å². The maximum absolute atomic E-state index is 12.0. The molecule has 1 saturated heterocycles. The normalized spacial score (nSPS) is 56.3. The fourth-order valence-electron chi connectivity index (χ4n) is 5.12. The summed E-state index contributed by atoms with van der Waals surface area (Å²) >= 11 is 0. The Morgan fingerprint density at radius 3 is 2.75 bits per heavy atom. The molecule has 2 aliphatic heterocycles. The summed E-state index contributed by atoms with van der Waals surface area (Å²) in [6.45, 7) is 6.20. The highest BCUT2D eigenvalue weighted by molar-refractivity contribution is 5.91. The summed E-state index contributed by atoms with van der Waals surface area (Å²) in [4.78, 5) is 12.0. The van der Waals surface area contributed by atoms with Crippen molar-refractivity contribution in [2.75, 3.05) is 7.11 Å². The van der Waals surface area contributed by atoms with Crippen molar-refractivity contribution in [3.8, 4) is 0 Å². The van der Waals surface area contributed by atoms with Crippen molar-refractivity contribution in [1.82, 2.24) is 0 Å². The zero-order valence-electron chi connectivity index (χ0n) is 12.6. The fourth-order valence-corrected chi connectivity index (χ4v) is 5.12. The third-order valence-corrected chi connectivity index (χ3v) is 6.29. The molecular weight excluding hydrogens is 256 g/mol. The largest absolute Gasteiger partial charge is 0.451 e. The van der Waals surface area contributed by atoms with Crippen LogP contribution in [0.4, 0.5) is 0 Å². The molecule has 2 heterocycles. The van der Waals surface area contributed by atoms with Gasteiger partial charge in [0.1, 0.15) is 5.60 Å². The molecule has 4 rings (SSSR count). The Morgan fingerprint density at radius 1 is 1.40 bits per heavy atom. The molecule has 0 bridgehead atoms. The van der Waals surface area contributed by atoms with Gasteiger partial charge in [0.2, 0.25) is 0 Å². The van der Waals surface area contributed by atoms with Crippen molar-refractivity contribution in [2.24, 2.45) is 11.8 Å². The molecule has 4 nitrogen and oxygen atoms in total. The first-order chi connectivity index (χ1) is 9.35. The van der Waals surface area contributed by atoms with Crippen LogP contribution >= 0.6 is 0 Å². The van der Waals surface area contributed by atoms with E-state index in [9.17, 15) is 4.79 Å². The fraction of sp³-hybridized carbons (Fsp3) is 0.812. The van der Waals surface area contributed by atoms with E-state index in [-0.39, 0.29) is 29.2 Å². The molecule has 0 unspecified atom stereocenters. The molecule has 2 saturated carbocycles. The van der Waals surface area contributed by atoms with Gasteiger partial charge >= 0.3 is 5.97 Å². The van der Waals surface area contributed by atoms with Crippen LogP contribution in [-0.4, -0.2) is 36.0 Å². The second kappa shape index (κ2) is 3.47. The third-order valence-electron chi connectivity index (χ3n) is 6.29. The van der Waals surface area contributed by atoms with Crippen LogP contribution in [0.1, 0.15) is 40.0 Å². The van der Waals surface area contributed by atoms with E-state index in [4.69, 9.17) is 14.2 Å². The molecule has 0 amide bonds. The zero-order chi connectivity index (χ0) is 14.3. The number of methoxy groups -OCH3 is 1. The minimum absolute atomic E-state index is 0.0387. The van der Waals surface area contributed by atoms with Crippen molar-refractivity contribution >= 4 is 5.97 Å². The lowest BCUT2D eigenvalue weighted by atomic mass is 9.62. The summed E-state index contributed by atoms with van der Waals surface area (Å²) in [6, 6.07) is 0. The van der Waals surface area contributed by atoms with E-state index in [1.54, 1.807) is 7.11 Å². The Labute approximate surface area is 119 Å². The van der Waals surface area contributed by atoms with Crippen LogP contribution in [0.2, 0.25) is 0 Å². The summed E-state index contributed by atoms with van der Waals surface area (Å²) in [5.74, 6) is 0.407. The highest BCUT2D eigenvalue weighted by atomic mass is 16.6. The predicted molar refractivity (Wildman–Crippen MR) is 72.1 cm³/mol. The highest BCUT2D eigenvalue weighted by Gasteiger charge is 2.75. The Bertz CT molecular complexity index is 527. The molecule has 20 heavy (non-hydrogen) atoms. The van der Waals surface area contributed by atoms with Crippen LogP contribution in [0.25, 0.3) is 0 Å². The van der Waals surface area contributed by atoms with Crippen molar-refractivity contribution in [3.63, 3.8) is 0 Å². The standard InChI is InChI=1S/C16H22O4/c1-9-7-16(20-13(9)17)8-11-15(3,19-11)10-5-6-14(2,18-4)12(10)16/h7,10-12H,5-6,8H2,1-4H3/t10-,11+,12+,14+,15-,16+/m0/s1. The molecule has 3 fully saturated rings. The summed E-state index contributed by atoms with van der Waals surface area (Å²) in [5.41, 5.74) is -0.0822. The van der Waals surface area contributed by atoms with Gasteiger partial charge in [0.05, 0.1) is 17.3 Å². The quantitative estimate of drug-likeness (QED) is 0.545. The van der Waals surface area contributed by atoms with Crippen LogP contribution < -0.4 is 0 Å². The van der Waals surface area contributed by atoms with Crippen LogP contribution in [0, 0.1) is 11.8 Å². The number of epoxide rings is 1. The second-order valence-electron chi connectivity index (χ2n) is 7.31. The third kappa shape index (κ3) is 1.32. The first-order valence-electron chi connectivity index (χ1n) is 7.50. The number of carbonyl (C=O) groups excluding carboxylic acids is 1. The van der Waals surface area contributed by atoms with Gasteiger partial charge < -0.3 is 14.2 Å². The molecule has 0 aromatic carbocycles. The summed E-state index contributed by atoms with van der Waals surface area (Å²) in [6.07, 6.45) is 5.10. The van der Waals surface area contributed by atoms with Gasteiger partial charge in [-0.2, -0.15) is 0 Å². The summed E-state index contributed by atoms with van der Waals surface area (Å²) in [5, 5.41) is 0. The van der Waals surface area contributed by atoms with Crippen molar-refractivity contribution < 1.29 is 19.0 Å². The molecule has 110 valence electrons. The Morgan fingerprint density at radius 2 is 2.15 bits per heavy atom. The topological polar surface area (TPSA) is 48.1 Å². The minimum Gasteiger partial charge on any atom is -0.451 e. The lowest BCUT2D eigenvalue weighted by Gasteiger charge is -2.47. The first-order valence-corrected chi connectivity index (χ1v) is 7.50. The number of esters is 1. The van der Waals surface area contributed by atoms with E-state index in [0.717, 1.165) is 24.8 Å². The number of fused-ring (bicyclic) bond motifs is 4. The monoisotopic (exact) mass is 278 g/mol. The second-order valence-corrected chi connectivity index (χ2v) is 7.31. The molecule has 2 aliphatic carbocycles. The first kappa shape index (κ1) is 12.8. The number of carbonyl (C=O) groups is 1. The molecule has 1 spiro atoms. The minimum atomic E-state index is -0.520. The van der Waals surface area contributed by atoms with E-state index in [2.05, 4.69) is 13.8 Å². The Hall–Kier alpha value is -0.870. The molecule has 4 heteroatoms. The van der Waals surface area contributed by atoms with Crippen LogP contribution in [0.5, 0.6) is 0 Å². The lowest BCUT2D eigenvalue weighted by molar-refractivity contribution is -0.170. The average molecular weight is 278 g/mol. The highest BCUT2D eigenvalue weighted by Crippen LogP contribution is 2.66. The van der Waals surface area contributed by atoms with Crippen molar-refractivity contribution in [1.29, 1.82) is 0 Å². The van der Waals surface area contributed by atoms with Crippen LogP contribution in [-0.2, 0) is 19.0 Å². The average Bonchev–Trinajstić information content (AvgIpc) is 2.76.